The van der Waals surface area contributed by atoms with Crippen molar-refractivity contribution in [2.24, 2.45) is 0 Å². The average molecular weight is 260 g/mol. The molecule has 1 aromatic carbocycles. The van der Waals surface area contributed by atoms with Gasteiger partial charge in [-0.2, -0.15) is 0 Å². The highest BCUT2D eigenvalue weighted by atomic mass is 15.2. The summed E-state index contributed by atoms with van der Waals surface area (Å²) in [5.74, 6) is 0.571. The lowest BCUT2D eigenvalue weighted by Gasteiger charge is -2.41. The molecular weight excluding hydrogens is 232 g/mol. The number of para-hydroxylation sites is 1. The number of anilines is 1. The number of nitrogens with zero attached hydrogens (tertiary/aromatic N) is 1. The molecule has 2 nitrogen and oxygen atoms in total. The van der Waals surface area contributed by atoms with E-state index < -0.39 is 0 Å². The summed E-state index contributed by atoms with van der Waals surface area (Å²) in [6.07, 6.45) is 1.19. The highest BCUT2D eigenvalue weighted by molar-refractivity contribution is 5.62. The molecule has 1 aliphatic rings. The molecule has 106 valence electrons. The minimum Gasteiger partial charge on any atom is -0.365 e. The molecule has 0 aliphatic carbocycles. The van der Waals surface area contributed by atoms with Crippen LogP contribution in [0, 0.1) is 6.92 Å². The average Bonchev–Trinajstić information content (AvgIpc) is 2.50. The Labute approximate surface area is 118 Å². The highest BCUT2D eigenvalue weighted by Crippen LogP contribution is 2.36. The van der Waals surface area contributed by atoms with Crippen LogP contribution in [0.5, 0.6) is 0 Å². The zero-order valence-corrected chi connectivity index (χ0v) is 13.1. The van der Waals surface area contributed by atoms with E-state index in [-0.39, 0.29) is 5.54 Å². The largest absolute Gasteiger partial charge is 0.365 e. The van der Waals surface area contributed by atoms with Crippen molar-refractivity contribution >= 4 is 5.69 Å². The first-order valence-corrected chi connectivity index (χ1v) is 7.51. The fourth-order valence-electron chi connectivity index (χ4n) is 3.08. The fraction of sp³-hybridized carbons (Fsp3) is 0.647. The Hall–Kier alpha value is -1.02. The molecule has 0 bridgehead atoms. The first-order chi connectivity index (χ1) is 8.93. The number of hydrogen-bond donors (Lipinski definition) is 1. The molecule has 1 N–H and O–H groups in total. The molecule has 0 spiro atoms. The molecule has 19 heavy (non-hydrogen) atoms. The Morgan fingerprint density at radius 2 is 1.95 bits per heavy atom. The van der Waals surface area contributed by atoms with E-state index in [0.717, 1.165) is 19.6 Å². The second-order valence-electron chi connectivity index (χ2n) is 6.63. The van der Waals surface area contributed by atoms with Gasteiger partial charge >= 0.3 is 0 Å². The molecule has 0 radical (unpaired) electrons. The maximum atomic E-state index is 3.53. The van der Waals surface area contributed by atoms with Crippen LogP contribution in [0.1, 0.15) is 51.2 Å². The topological polar surface area (TPSA) is 15.3 Å². The van der Waals surface area contributed by atoms with Gasteiger partial charge in [-0.25, -0.2) is 0 Å². The van der Waals surface area contributed by atoms with Gasteiger partial charge in [-0.05, 0) is 50.8 Å². The molecule has 0 atom stereocenters. The zero-order chi connectivity index (χ0) is 14.0. The van der Waals surface area contributed by atoms with Crippen LogP contribution < -0.4 is 10.2 Å². The van der Waals surface area contributed by atoms with E-state index in [1.54, 1.807) is 0 Å². The smallest absolute Gasteiger partial charge is 0.0436 e. The zero-order valence-electron chi connectivity index (χ0n) is 13.1. The number of rotatable bonds is 2. The summed E-state index contributed by atoms with van der Waals surface area (Å²) in [6, 6.07) is 6.73. The van der Waals surface area contributed by atoms with Gasteiger partial charge in [-0.15, -0.1) is 0 Å². The van der Waals surface area contributed by atoms with Gasteiger partial charge in [0, 0.05) is 24.3 Å². The summed E-state index contributed by atoms with van der Waals surface area (Å²) >= 11 is 0. The minimum atomic E-state index is 0.221. The molecule has 0 aromatic heterocycles. The van der Waals surface area contributed by atoms with Gasteiger partial charge in [0.05, 0.1) is 0 Å². The van der Waals surface area contributed by atoms with Gasteiger partial charge in [-0.3, -0.25) is 0 Å². The predicted octanol–water partition coefficient (Wildman–Crippen LogP) is 3.70. The second-order valence-corrected chi connectivity index (χ2v) is 6.63. The van der Waals surface area contributed by atoms with Crippen LogP contribution in [-0.4, -0.2) is 25.2 Å². The molecule has 1 fully saturated rings. The molecule has 0 unspecified atom stereocenters. The normalized spacial score (nSPS) is 19.6. The van der Waals surface area contributed by atoms with Crippen molar-refractivity contribution in [2.45, 2.75) is 52.5 Å². The molecule has 0 saturated carbocycles. The maximum Gasteiger partial charge on any atom is 0.0436 e. The Kier molecular flexibility index (Phi) is 4.19. The maximum absolute atomic E-state index is 3.53. The van der Waals surface area contributed by atoms with Crippen LogP contribution in [0.25, 0.3) is 0 Å². The van der Waals surface area contributed by atoms with Crippen LogP contribution in [0.15, 0.2) is 18.2 Å². The first-order valence-electron chi connectivity index (χ1n) is 7.51. The van der Waals surface area contributed by atoms with Crippen molar-refractivity contribution in [1.29, 1.82) is 0 Å². The van der Waals surface area contributed by atoms with Crippen molar-refractivity contribution in [3.8, 4) is 0 Å². The van der Waals surface area contributed by atoms with E-state index in [9.17, 15) is 0 Å². The van der Waals surface area contributed by atoms with Crippen molar-refractivity contribution in [3.63, 3.8) is 0 Å². The van der Waals surface area contributed by atoms with Crippen molar-refractivity contribution in [3.05, 3.63) is 29.3 Å². The summed E-state index contributed by atoms with van der Waals surface area (Å²) in [7, 11) is 0. The second kappa shape index (κ2) is 5.54. The number of benzene rings is 1. The van der Waals surface area contributed by atoms with Gasteiger partial charge in [0.1, 0.15) is 0 Å². The lowest BCUT2D eigenvalue weighted by atomic mass is 9.92. The Balaban J connectivity index is 2.49. The van der Waals surface area contributed by atoms with Gasteiger partial charge in [0.25, 0.3) is 0 Å². The number of nitrogens with one attached hydrogen (secondary N) is 1. The van der Waals surface area contributed by atoms with Crippen LogP contribution in [0.3, 0.4) is 0 Å². The summed E-state index contributed by atoms with van der Waals surface area (Å²) in [4.78, 5) is 2.62. The molecule has 2 heteroatoms. The van der Waals surface area contributed by atoms with E-state index in [0.29, 0.717) is 5.92 Å². The summed E-state index contributed by atoms with van der Waals surface area (Å²) in [5.41, 5.74) is 4.57. The molecule has 1 heterocycles. The Bertz CT molecular complexity index is 435. The first kappa shape index (κ1) is 14.4. The number of aryl methyl sites for hydroxylation is 1. The van der Waals surface area contributed by atoms with Crippen LogP contribution in [-0.2, 0) is 0 Å². The molecule has 1 saturated heterocycles. The van der Waals surface area contributed by atoms with E-state index >= 15 is 0 Å². The fourth-order valence-corrected chi connectivity index (χ4v) is 3.08. The molecule has 0 amide bonds. The highest BCUT2D eigenvalue weighted by Gasteiger charge is 2.30. The summed E-state index contributed by atoms with van der Waals surface area (Å²) in [5, 5.41) is 3.53. The summed E-state index contributed by atoms with van der Waals surface area (Å²) in [6.45, 7) is 14.9. The third-order valence-corrected chi connectivity index (χ3v) is 4.32. The lowest BCUT2D eigenvalue weighted by Crippen LogP contribution is -2.45. The van der Waals surface area contributed by atoms with Gasteiger partial charge in [-0.1, -0.05) is 32.0 Å². The van der Waals surface area contributed by atoms with Crippen LogP contribution in [0.4, 0.5) is 5.69 Å². The standard InChI is InChI=1S/C17H28N2/c1-13(2)15-8-6-7-14(3)16(15)19-12-11-18-10-9-17(19,4)5/h6-8,13,18H,9-12H2,1-5H3. The van der Waals surface area contributed by atoms with Crippen LogP contribution in [0.2, 0.25) is 0 Å². The predicted molar refractivity (Wildman–Crippen MR) is 84.2 cm³/mol. The Morgan fingerprint density at radius 1 is 1.21 bits per heavy atom. The minimum absolute atomic E-state index is 0.221. The Morgan fingerprint density at radius 3 is 2.63 bits per heavy atom. The van der Waals surface area contributed by atoms with E-state index in [1.807, 2.05) is 0 Å². The summed E-state index contributed by atoms with van der Waals surface area (Å²) < 4.78 is 0. The number of hydrogen-bond acceptors (Lipinski definition) is 2. The SMILES string of the molecule is Cc1cccc(C(C)C)c1N1CCNCCC1(C)C. The van der Waals surface area contributed by atoms with Crippen LogP contribution >= 0.6 is 0 Å². The molecule has 2 rings (SSSR count). The van der Waals surface area contributed by atoms with Crippen molar-refractivity contribution in [2.75, 3.05) is 24.5 Å². The van der Waals surface area contributed by atoms with Gasteiger partial charge in [0.2, 0.25) is 0 Å². The lowest BCUT2D eigenvalue weighted by molar-refractivity contribution is 0.452. The van der Waals surface area contributed by atoms with E-state index in [2.05, 4.69) is 63.0 Å². The monoisotopic (exact) mass is 260 g/mol. The quantitative estimate of drug-likeness (QED) is 0.872. The molecular formula is C17H28N2. The van der Waals surface area contributed by atoms with Gasteiger partial charge < -0.3 is 10.2 Å². The van der Waals surface area contributed by atoms with E-state index in [1.165, 1.54) is 23.2 Å². The molecule has 1 aliphatic heterocycles. The third kappa shape index (κ3) is 2.94. The van der Waals surface area contributed by atoms with E-state index in [4.69, 9.17) is 0 Å². The van der Waals surface area contributed by atoms with Crippen molar-refractivity contribution in [1.82, 2.24) is 5.32 Å². The molecule has 1 aromatic rings. The third-order valence-electron chi connectivity index (χ3n) is 4.32. The van der Waals surface area contributed by atoms with Crippen molar-refractivity contribution < 1.29 is 0 Å². The van der Waals surface area contributed by atoms with Gasteiger partial charge in [0.15, 0.2) is 0 Å².